The minimum Gasteiger partial charge on any atom is -0.311 e. The molecule has 0 N–H and O–H groups in total. The predicted molar refractivity (Wildman–Crippen MR) is 236 cm³/mol. The van der Waals surface area contributed by atoms with E-state index in [-0.39, 0.29) is 0 Å². The third kappa shape index (κ3) is 7.06. The number of hydrogen-bond donors (Lipinski definition) is 0. The molecule has 0 aliphatic rings. The molecule has 0 bridgehead atoms. The number of para-hydroxylation sites is 2. The Morgan fingerprint density at radius 1 is 0.345 bits per heavy atom. The molecule has 0 atom stereocenters. The Morgan fingerprint density at radius 2 is 0.727 bits per heavy atom. The zero-order chi connectivity index (χ0) is 38.1. The van der Waals surface area contributed by atoms with Gasteiger partial charge in [0.1, 0.15) is 0 Å². The predicted octanol–water partition coefficient (Wildman–Crippen LogP) is 15.1. The van der Waals surface area contributed by atoms with Crippen molar-refractivity contribution in [1.82, 2.24) is 0 Å². The van der Waals surface area contributed by atoms with Crippen molar-refractivity contribution < 1.29 is 0 Å². The SMILES string of the molecule is Cc1c#cc(-c2ccc(N(c3ccccc3)c3ccc(-c4ccc(N(c5ccccc5)c5ccc(-c6sc(C)c(C)c6C)cc5)cc4)cc3)cc2)c(C)c1C. The minimum absolute atomic E-state index is 1.10. The molecule has 0 aliphatic heterocycles. The highest BCUT2D eigenvalue weighted by Crippen LogP contribution is 2.41. The molecule has 0 fully saturated rings. The summed E-state index contributed by atoms with van der Waals surface area (Å²) < 4.78 is 0. The van der Waals surface area contributed by atoms with Crippen molar-refractivity contribution in [2.24, 2.45) is 0 Å². The van der Waals surface area contributed by atoms with Crippen LogP contribution < -0.4 is 9.80 Å². The van der Waals surface area contributed by atoms with E-state index < -0.39 is 0 Å². The minimum atomic E-state index is 1.10. The number of anilines is 6. The van der Waals surface area contributed by atoms with E-state index in [0.717, 1.165) is 50.8 Å². The Hall–Kier alpha value is -6.34. The molecule has 0 amide bonds. The molecule has 8 rings (SSSR count). The maximum absolute atomic E-state index is 3.39. The fourth-order valence-corrected chi connectivity index (χ4v) is 8.48. The van der Waals surface area contributed by atoms with Gasteiger partial charge in [0, 0.05) is 55.0 Å². The van der Waals surface area contributed by atoms with Crippen LogP contribution in [0.1, 0.15) is 32.7 Å². The van der Waals surface area contributed by atoms with E-state index in [9.17, 15) is 0 Å². The molecular weight excluding hydrogens is 685 g/mol. The molecule has 55 heavy (non-hydrogen) atoms. The van der Waals surface area contributed by atoms with E-state index in [4.69, 9.17) is 0 Å². The second-order valence-electron chi connectivity index (χ2n) is 14.3. The van der Waals surface area contributed by atoms with Gasteiger partial charge in [-0.3, -0.25) is 0 Å². The summed E-state index contributed by atoms with van der Waals surface area (Å²) in [6, 6.07) is 63.5. The molecule has 0 aliphatic carbocycles. The number of benzene rings is 6. The van der Waals surface area contributed by atoms with Crippen LogP contribution in [0.5, 0.6) is 0 Å². The Morgan fingerprint density at radius 3 is 1.13 bits per heavy atom. The number of hydrogen-bond acceptors (Lipinski definition) is 3. The topological polar surface area (TPSA) is 6.48 Å². The highest BCUT2D eigenvalue weighted by molar-refractivity contribution is 7.15. The first-order valence-corrected chi connectivity index (χ1v) is 19.7. The average molecular weight is 729 g/mol. The molecule has 1 heterocycles. The van der Waals surface area contributed by atoms with Crippen molar-refractivity contribution in [3.05, 3.63) is 203 Å². The average Bonchev–Trinajstić information content (AvgIpc) is 3.49. The summed E-state index contributed by atoms with van der Waals surface area (Å²) in [7, 11) is 0. The molecule has 0 saturated carbocycles. The lowest BCUT2D eigenvalue weighted by atomic mass is 9.96. The Balaban J connectivity index is 1.08. The summed E-state index contributed by atoms with van der Waals surface area (Å²) in [5.74, 6) is 0. The Bertz CT molecular complexity index is 2550. The summed E-state index contributed by atoms with van der Waals surface area (Å²) >= 11 is 1.88. The van der Waals surface area contributed by atoms with Crippen LogP contribution in [0.4, 0.5) is 34.1 Å². The van der Waals surface area contributed by atoms with Gasteiger partial charge in [0.2, 0.25) is 0 Å². The van der Waals surface area contributed by atoms with Crippen LogP contribution >= 0.6 is 11.3 Å². The lowest BCUT2D eigenvalue weighted by Gasteiger charge is -2.26. The van der Waals surface area contributed by atoms with Crippen LogP contribution in [0.2, 0.25) is 0 Å². The van der Waals surface area contributed by atoms with Crippen LogP contribution in [0.3, 0.4) is 0 Å². The maximum Gasteiger partial charge on any atom is 0.0462 e. The first-order chi connectivity index (χ1) is 26.8. The van der Waals surface area contributed by atoms with Gasteiger partial charge in [0.25, 0.3) is 0 Å². The Kier molecular flexibility index (Phi) is 9.85. The van der Waals surface area contributed by atoms with Gasteiger partial charge in [-0.05, 0) is 159 Å². The number of aryl methyl sites for hydroxylation is 1. The number of rotatable bonds is 9. The van der Waals surface area contributed by atoms with Gasteiger partial charge in [-0.25, -0.2) is 0 Å². The third-order valence-corrected chi connectivity index (χ3v) is 12.3. The fourth-order valence-electron chi connectivity index (χ4n) is 7.31. The first-order valence-electron chi connectivity index (χ1n) is 18.9. The van der Waals surface area contributed by atoms with Crippen LogP contribution in [0.25, 0.3) is 32.7 Å². The molecule has 268 valence electrons. The van der Waals surface area contributed by atoms with Crippen molar-refractivity contribution in [2.45, 2.75) is 41.5 Å². The zero-order valence-corrected chi connectivity index (χ0v) is 33.1. The lowest BCUT2D eigenvalue weighted by Crippen LogP contribution is -2.10. The van der Waals surface area contributed by atoms with Gasteiger partial charge >= 0.3 is 0 Å². The van der Waals surface area contributed by atoms with E-state index in [1.807, 2.05) is 11.3 Å². The number of nitrogens with zero attached hydrogens (tertiary/aromatic N) is 2. The van der Waals surface area contributed by atoms with E-state index in [2.05, 4.69) is 221 Å². The fraction of sp³-hybridized carbons (Fsp3) is 0.115. The van der Waals surface area contributed by atoms with Gasteiger partial charge in [-0.2, -0.15) is 0 Å². The van der Waals surface area contributed by atoms with Gasteiger partial charge in [-0.15, -0.1) is 11.3 Å². The van der Waals surface area contributed by atoms with Crippen molar-refractivity contribution in [3.63, 3.8) is 0 Å². The molecule has 1 aromatic heterocycles. The highest BCUT2D eigenvalue weighted by Gasteiger charge is 2.17. The van der Waals surface area contributed by atoms with Crippen molar-refractivity contribution in [2.75, 3.05) is 9.80 Å². The van der Waals surface area contributed by atoms with Crippen molar-refractivity contribution in [1.29, 1.82) is 0 Å². The number of thiophene rings is 1. The molecule has 0 saturated heterocycles. The smallest absolute Gasteiger partial charge is 0.0462 e. The summed E-state index contributed by atoms with van der Waals surface area (Å²) in [5, 5.41) is 0. The van der Waals surface area contributed by atoms with E-state index in [1.165, 1.54) is 48.7 Å². The highest BCUT2D eigenvalue weighted by atomic mass is 32.1. The van der Waals surface area contributed by atoms with Gasteiger partial charge < -0.3 is 9.80 Å². The van der Waals surface area contributed by atoms with E-state index in [0.29, 0.717) is 0 Å². The standard InChI is InChI=1S/C52H44N2S/c1-35-17-34-51(38(4)36(35)2)43-22-30-49(31-23-43)53(45-13-9-7-10-14-45)47-26-18-41(19-27-47)42-20-28-48(29-21-42)54(46-15-11-8-12-16-46)50-32-24-44(25-33-50)52-39(5)37(3)40(6)55-52/h7-16,18-33H,1-6H3. The van der Waals surface area contributed by atoms with E-state index in [1.54, 1.807) is 0 Å². The largest absolute Gasteiger partial charge is 0.311 e. The molecule has 0 spiro atoms. The van der Waals surface area contributed by atoms with Crippen LogP contribution in [-0.2, 0) is 0 Å². The molecule has 8 aromatic rings. The lowest BCUT2D eigenvalue weighted by molar-refractivity contribution is 1.27. The molecule has 0 radical (unpaired) electrons. The van der Waals surface area contributed by atoms with Gasteiger partial charge in [-0.1, -0.05) is 97.1 Å². The molecular formula is C52H44N2S. The quantitative estimate of drug-likeness (QED) is 0.146. The molecule has 7 aromatic carbocycles. The summed E-state index contributed by atoms with van der Waals surface area (Å²) in [6.45, 7) is 13.1. The molecule has 0 unspecified atom stereocenters. The zero-order valence-electron chi connectivity index (χ0n) is 32.3. The summed E-state index contributed by atoms with van der Waals surface area (Å²) in [5.41, 5.74) is 19.0. The molecule has 3 heteroatoms. The molecule has 2 nitrogen and oxygen atoms in total. The third-order valence-electron chi connectivity index (χ3n) is 11.0. The maximum atomic E-state index is 3.39. The second-order valence-corrected chi connectivity index (χ2v) is 15.5. The van der Waals surface area contributed by atoms with Crippen molar-refractivity contribution >= 4 is 45.5 Å². The van der Waals surface area contributed by atoms with Gasteiger partial charge in [0.05, 0.1) is 0 Å². The van der Waals surface area contributed by atoms with Crippen LogP contribution in [-0.4, -0.2) is 0 Å². The normalized spacial score (nSPS) is 10.9. The van der Waals surface area contributed by atoms with Crippen LogP contribution in [0, 0.1) is 53.7 Å². The van der Waals surface area contributed by atoms with Crippen LogP contribution in [0.15, 0.2) is 158 Å². The Labute approximate surface area is 330 Å². The summed E-state index contributed by atoms with van der Waals surface area (Å²) in [4.78, 5) is 7.38. The first kappa shape index (κ1) is 35.7. The van der Waals surface area contributed by atoms with Crippen molar-refractivity contribution in [3.8, 4) is 32.7 Å². The summed E-state index contributed by atoms with van der Waals surface area (Å²) in [6.07, 6.45) is 0. The monoisotopic (exact) mass is 728 g/mol. The second kappa shape index (κ2) is 15.2. The van der Waals surface area contributed by atoms with Gasteiger partial charge in [0.15, 0.2) is 0 Å². The van der Waals surface area contributed by atoms with E-state index >= 15 is 0 Å².